The third-order valence-corrected chi connectivity index (χ3v) is 7.89. The molecule has 39 heavy (non-hydrogen) atoms. The van der Waals surface area contributed by atoms with E-state index in [9.17, 15) is 31.4 Å². The Hall–Kier alpha value is -3.19. The summed E-state index contributed by atoms with van der Waals surface area (Å²) in [6.07, 6.45) is -9.91. The molecule has 1 aliphatic heterocycles. The number of methoxy groups -OCH3 is 1. The van der Waals surface area contributed by atoms with Crippen molar-refractivity contribution in [3.05, 3.63) is 63.5 Å². The Kier molecular flexibility index (Phi) is 8.22. The Morgan fingerprint density at radius 2 is 1.67 bits per heavy atom. The van der Waals surface area contributed by atoms with E-state index >= 15 is 0 Å². The fourth-order valence-corrected chi connectivity index (χ4v) is 5.34. The first-order valence-electron chi connectivity index (χ1n) is 12.0. The number of rotatable bonds is 7. The lowest BCUT2D eigenvalue weighted by Crippen LogP contribution is -2.44. The van der Waals surface area contributed by atoms with Crippen LogP contribution in [0.1, 0.15) is 40.0 Å². The van der Waals surface area contributed by atoms with Crippen molar-refractivity contribution in [2.24, 2.45) is 0 Å². The molecule has 0 aliphatic carbocycles. The minimum Gasteiger partial charge on any atom is -0.493 e. The van der Waals surface area contributed by atoms with Crippen molar-refractivity contribution in [2.45, 2.75) is 31.8 Å². The van der Waals surface area contributed by atoms with Crippen molar-refractivity contribution >= 4 is 16.5 Å². The van der Waals surface area contributed by atoms with Gasteiger partial charge >= 0.3 is 12.4 Å². The molecule has 6 nitrogen and oxygen atoms in total. The van der Waals surface area contributed by atoms with Crippen molar-refractivity contribution in [1.29, 1.82) is 0 Å². The van der Waals surface area contributed by atoms with E-state index in [1.54, 1.807) is 12.1 Å². The summed E-state index contributed by atoms with van der Waals surface area (Å²) < 4.78 is 90.3. The average molecular weight is 576 g/mol. The fraction of sp³-hybridized carbons (Fsp3) is 0.423. The van der Waals surface area contributed by atoms with Gasteiger partial charge in [0.1, 0.15) is 6.61 Å². The predicted octanol–water partition coefficient (Wildman–Crippen LogP) is 6.38. The quantitative estimate of drug-likeness (QED) is 0.330. The van der Waals surface area contributed by atoms with Gasteiger partial charge in [-0.3, -0.25) is 0 Å². The number of thiazole rings is 1. The molecule has 1 N–H and O–H groups in total. The van der Waals surface area contributed by atoms with Crippen LogP contribution in [0.2, 0.25) is 0 Å². The maximum absolute atomic E-state index is 13.5. The van der Waals surface area contributed by atoms with Gasteiger partial charge in [0.05, 0.1) is 23.1 Å². The number of benzene rings is 2. The Morgan fingerprint density at radius 3 is 2.28 bits per heavy atom. The molecular formula is C26H27F6N3O3S. The molecule has 3 aromatic rings. The molecule has 0 spiro atoms. The van der Waals surface area contributed by atoms with E-state index in [1.165, 1.54) is 24.5 Å². The molecule has 1 fully saturated rings. The second-order valence-electron chi connectivity index (χ2n) is 9.26. The predicted molar refractivity (Wildman–Crippen MR) is 135 cm³/mol. The highest BCUT2D eigenvalue weighted by atomic mass is 32.1. The zero-order valence-electron chi connectivity index (χ0n) is 21.4. The van der Waals surface area contributed by atoms with E-state index in [2.05, 4.69) is 14.8 Å². The van der Waals surface area contributed by atoms with Crippen molar-refractivity contribution in [1.82, 2.24) is 9.88 Å². The van der Waals surface area contributed by atoms with Crippen molar-refractivity contribution in [3.8, 4) is 17.4 Å². The topological polar surface area (TPSA) is 58.1 Å². The molecule has 1 aliphatic rings. The number of anilines is 1. The number of piperazine rings is 1. The van der Waals surface area contributed by atoms with Crippen LogP contribution in [0.3, 0.4) is 0 Å². The van der Waals surface area contributed by atoms with Gasteiger partial charge in [-0.05, 0) is 36.9 Å². The summed E-state index contributed by atoms with van der Waals surface area (Å²) in [6.45, 7) is 4.64. The zero-order chi connectivity index (χ0) is 28.5. The van der Waals surface area contributed by atoms with Crippen molar-refractivity contribution < 1.29 is 40.9 Å². The SMILES string of the molecule is COc1cc(C(C)c2sc(N3CCN(C)CC3)nc2O)ccc1OCc1ccc(C(F)(F)F)cc1C(F)(F)F. The lowest BCUT2D eigenvalue weighted by molar-refractivity contribution is -0.143. The number of aromatic nitrogens is 1. The van der Waals surface area contributed by atoms with Crippen LogP contribution < -0.4 is 14.4 Å². The van der Waals surface area contributed by atoms with Gasteiger partial charge in [-0.2, -0.15) is 31.3 Å². The van der Waals surface area contributed by atoms with Gasteiger partial charge in [0.15, 0.2) is 16.6 Å². The largest absolute Gasteiger partial charge is 0.493 e. The normalized spacial score (nSPS) is 15.9. The fourth-order valence-electron chi connectivity index (χ4n) is 4.25. The summed E-state index contributed by atoms with van der Waals surface area (Å²) in [7, 11) is 3.41. The molecule has 13 heteroatoms. The van der Waals surface area contributed by atoms with Gasteiger partial charge in [-0.25, -0.2) is 0 Å². The van der Waals surface area contributed by atoms with Crippen LogP contribution in [0.4, 0.5) is 31.5 Å². The van der Waals surface area contributed by atoms with Crippen LogP contribution in [0.15, 0.2) is 36.4 Å². The van der Waals surface area contributed by atoms with Crippen LogP contribution in [-0.2, 0) is 19.0 Å². The summed E-state index contributed by atoms with van der Waals surface area (Å²) in [6, 6.07) is 6.29. The number of ether oxygens (including phenoxy) is 2. The molecule has 0 radical (unpaired) electrons. The van der Waals surface area contributed by atoms with Gasteiger partial charge < -0.3 is 24.4 Å². The van der Waals surface area contributed by atoms with E-state index in [0.29, 0.717) is 10.9 Å². The van der Waals surface area contributed by atoms with Gasteiger partial charge in [0, 0.05) is 37.7 Å². The van der Waals surface area contributed by atoms with E-state index in [0.717, 1.165) is 42.9 Å². The molecule has 1 saturated heterocycles. The molecule has 1 unspecified atom stereocenters. The summed E-state index contributed by atoms with van der Waals surface area (Å²) in [5.74, 6) is -0.00245. The van der Waals surface area contributed by atoms with E-state index in [1.807, 2.05) is 14.0 Å². The second-order valence-corrected chi connectivity index (χ2v) is 10.3. The Morgan fingerprint density at radius 1 is 0.974 bits per heavy atom. The number of alkyl halides is 6. The highest BCUT2D eigenvalue weighted by Gasteiger charge is 2.38. The van der Waals surface area contributed by atoms with Crippen LogP contribution in [0.25, 0.3) is 0 Å². The molecule has 0 saturated carbocycles. The van der Waals surface area contributed by atoms with Gasteiger partial charge in [0.25, 0.3) is 0 Å². The zero-order valence-corrected chi connectivity index (χ0v) is 22.2. The first-order chi connectivity index (χ1) is 18.3. The molecule has 212 valence electrons. The Labute approximate surface area is 225 Å². The smallest absolute Gasteiger partial charge is 0.416 e. The van der Waals surface area contributed by atoms with Crippen LogP contribution >= 0.6 is 11.3 Å². The van der Waals surface area contributed by atoms with Crippen LogP contribution in [0, 0.1) is 0 Å². The minimum atomic E-state index is -5.00. The summed E-state index contributed by atoms with van der Waals surface area (Å²) in [5.41, 5.74) is -2.51. The number of aromatic hydroxyl groups is 1. The number of nitrogens with zero attached hydrogens (tertiary/aromatic N) is 3. The van der Waals surface area contributed by atoms with Crippen LogP contribution in [0.5, 0.6) is 17.4 Å². The number of halogens is 6. The minimum absolute atomic E-state index is 0.0669. The average Bonchev–Trinajstić information content (AvgIpc) is 3.27. The molecule has 0 bridgehead atoms. The van der Waals surface area contributed by atoms with Crippen molar-refractivity contribution in [3.63, 3.8) is 0 Å². The maximum atomic E-state index is 13.5. The van der Waals surface area contributed by atoms with E-state index in [-0.39, 0.29) is 29.4 Å². The number of hydrogen-bond donors (Lipinski definition) is 1. The van der Waals surface area contributed by atoms with E-state index < -0.39 is 35.6 Å². The lowest BCUT2D eigenvalue weighted by Gasteiger charge is -2.32. The molecule has 2 heterocycles. The van der Waals surface area contributed by atoms with E-state index in [4.69, 9.17) is 9.47 Å². The Balaban J connectivity index is 1.53. The summed E-state index contributed by atoms with van der Waals surface area (Å²) in [4.78, 5) is 9.33. The highest BCUT2D eigenvalue weighted by Crippen LogP contribution is 2.42. The molecular weight excluding hydrogens is 548 g/mol. The lowest BCUT2D eigenvalue weighted by atomic mass is 9.99. The third-order valence-electron chi connectivity index (χ3n) is 6.60. The highest BCUT2D eigenvalue weighted by molar-refractivity contribution is 7.16. The molecule has 4 rings (SSSR count). The van der Waals surface area contributed by atoms with Gasteiger partial charge in [-0.15, -0.1) is 0 Å². The number of likely N-dealkylation sites (N-methyl/N-ethyl adjacent to an activating group) is 1. The standard InChI is InChI=1S/C26H27F6N3O3S/c1-15(22-23(36)33-24(39-22)35-10-8-34(2)9-11-35)16-5-7-20(21(12-16)37-3)38-14-17-4-6-18(25(27,28)29)13-19(17)26(30,31)32/h4-7,12-13,15,36H,8-11,14H2,1-3H3. The number of hydrogen-bond acceptors (Lipinski definition) is 7. The monoisotopic (exact) mass is 575 g/mol. The first kappa shape index (κ1) is 28.8. The molecule has 2 aromatic carbocycles. The van der Waals surface area contributed by atoms with Gasteiger partial charge in [-0.1, -0.05) is 30.4 Å². The maximum Gasteiger partial charge on any atom is 0.416 e. The molecule has 0 amide bonds. The van der Waals surface area contributed by atoms with Gasteiger partial charge in [0.2, 0.25) is 5.88 Å². The summed E-state index contributed by atoms with van der Waals surface area (Å²) >= 11 is 1.39. The summed E-state index contributed by atoms with van der Waals surface area (Å²) in [5, 5.41) is 11.3. The second kappa shape index (κ2) is 11.1. The third kappa shape index (κ3) is 6.52. The van der Waals surface area contributed by atoms with Crippen molar-refractivity contribution in [2.75, 3.05) is 45.2 Å². The Bertz CT molecular complexity index is 1300. The first-order valence-corrected chi connectivity index (χ1v) is 12.8. The molecule has 1 aromatic heterocycles. The molecule has 1 atom stereocenters. The van der Waals surface area contributed by atoms with Crippen LogP contribution in [-0.4, -0.2) is 55.3 Å².